The number of nitrogens with zero attached hydrogens (tertiary/aromatic N) is 2. The number of carbonyl (C=O) groups is 1. The molecule has 150 valence electrons. The summed E-state index contributed by atoms with van der Waals surface area (Å²) in [4.78, 5) is 22.7. The second-order valence-corrected chi connectivity index (χ2v) is 7.12. The molecule has 0 aliphatic rings. The number of anilines is 1. The number of rotatable bonds is 5. The first kappa shape index (κ1) is 21.4. The molecule has 10 heteroatoms. The minimum absolute atomic E-state index is 0.129. The van der Waals surface area contributed by atoms with E-state index < -0.39 is 10.8 Å². The number of hydrogen-bond acceptors (Lipinski definition) is 5. The van der Waals surface area contributed by atoms with Crippen LogP contribution in [0.25, 0.3) is 17.4 Å². The predicted octanol–water partition coefficient (Wildman–Crippen LogP) is 6.36. The molecule has 30 heavy (non-hydrogen) atoms. The standard InChI is InChI=1S/C20H10Cl3N3O4/c21-12-1-5-18(17(23)8-12)25-20(27)11(10-24)7-14-3-6-19(30-14)15-4-2-13(26(28)29)9-16(15)22/h1-9H,(H,25,27)/b11-7+. The molecule has 0 aliphatic heterocycles. The van der Waals surface area contributed by atoms with Gasteiger partial charge in [0.2, 0.25) is 0 Å². The van der Waals surface area contributed by atoms with E-state index in [0.29, 0.717) is 22.0 Å². The van der Waals surface area contributed by atoms with Gasteiger partial charge in [-0.3, -0.25) is 14.9 Å². The first-order valence-corrected chi connectivity index (χ1v) is 9.34. The quantitative estimate of drug-likeness (QED) is 0.205. The second kappa shape index (κ2) is 9.01. The van der Waals surface area contributed by atoms with E-state index in [2.05, 4.69) is 5.32 Å². The van der Waals surface area contributed by atoms with E-state index in [1.807, 2.05) is 0 Å². The molecule has 2 aromatic carbocycles. The highest BCUT2D eigenvalue weighted by Gasteiger charge is 2.15. The highest BCUT2D eigenvalue weighted by molar-refractivity contribution is 6.37. The molecule has 0 fully saturated rings. The van der Waals surface area contributed by atoms with Crippen molar-refractivity contribution in [3.63, 3.8) is 0 Å². The van der Waals surface area contributed by atoms with Crippen molar-refractivity contribution in [1.82, 2.24) is 0 Å². The van der Waals surface area contributed by atoms with Crippen LogP contribution in [0.4, 0.5) is 11.4 Å². The fourth-order valence-electron chi connectivity index (χ4n) is 2.46. The monoisotopic (exact) mass is 461 g/mol. The molecule has 1 N–H and O–H groups in total. The van der Waals surface area contributed by atoms with Crippen LogP contribution in [0.2, 0.25) is 15.1 Å². The molecule has 0 spiro atoms. The molecule has 1 amide bonds. The third-order valence-corrected chi connectivity index (χ3v) is 4.75. The molecule has 0 saturated heterocycles. The van der Waals surface area contributed by atoms with Gasteiger partial charge in [-0.1, -0.05) is 34.8 Å². The van der Waals surface area contributed by atoms with Gasteiger partial charge in [0.1, 0.15) is 23.2 Å². The summed E-state index contributed by atoms with van der Waals surface area (Å²) in [5, 5.41) is 23.4. The van der Waals surface area contributed by atoms with Gasteiger partial charge in [0.25, 0.3) is 11.6 Å². The molecule has 0 saturated carbocycles. The highest BCUT2D eigenvalue weighted by Crippen LogP contribution is 2.33. The van der Waals surface area contributed by atoms with Crippen molar-refractivity contribution in [1.29, 1.82) is 5.26 Å². The smallest absolute Gasteiger partial charge is 0.270 e. The van der Waals surface area contributed by atoms with Crippen LogP contribution in [-0.2, 0) is 4.79 Å². The van der Waals surface area contributed by atoms with Crippen molar-refractivity contribution in [2.24, 2.45) is 0 Å². The number of halogens is 3. The lowest BCUT2D eigenvalue weighted by molar-refractivity contribution is -0.384. The predicted molar refractivity (Wildman–Crippen MR) is 114 cm³/mol. The van der Waals surface area contributed by atoms with Crippen LogP contribution in [0.15, 0.2) is 58.5 Å². The Morgan fingerprint density at radius 3 is 2.50 bits per heavy atom. The SMILES string of the molecule is N#C/C(=C\c1ccc(-c2ccc([N+](=O)[O-])cc2Cl)o1)C(=O)Nc1ccc(Cl)cc1Cl. The minimum Gasteiger partial charge on any atom is -0.457 e. The van der Waals surface area contributed by atoms with Crippen molar-refractivity contribution in [3.05, 3.63) is 85.0 Å². The van der Waals surface area contributed by atoms with E-state index in [1.54, 1.807) is 18.2 Å². The number of furan rings is 1. The van der Waals surface area contributed by atoms with Crippen molar-refractivity contribution in [3.8, 4) is 17.4 Å². The van der Waals surface area contributed by atoms with Crippen molar-refractivity contribution in [2.75, 3.05) is 5.32 Å². The zero-order valence-electron chi connectivity index (χ0n) is 14.9. The molecule has 1 heterocycles. The number of nitriles is 1. The summed E-state index contributed by atoms with van der Waals surface area (Å²) in [7, 11) is 0. The third-order valence-electron chi connectivity index (χ3n) is 3.89. The number of carbonyl (C=O) groups excluding carboxylic acids is 1. The van der Waals surface area contributed by atoms with E-state index in [9.17, 15) is 20.2 Å². The van der Waals surface area contributed by atoms with E-state index in [1.165, 1.54) is 42.5 Å². The first-order valence-electron chi connectivity index (χ1n) is 8.21. The number of nitro groups is 1. The average molecular weight is 463 g/mol. The maximum Gasteiger partial charge on any atom is 0.270 e. The van der Waals surface area contributed by atoms with Gasteiger partial charge in [-0.2, -0.15) is 5.26 Å². The van der Waals surface area contributed by atoms with Crippen LogP contribution in [0.1, 0.15) is 5.76 Å². The van der Waals surface area contributed by atoms with E-state index in [0.717, 1.165) is 0 Å². The summed E-state index contributed by atoms with van der Waals surface area (Å²) in [6.07, 6.45) is 1.25. The Balaban J connectivity index is 1.84. The maximum absolute atomic E-state index is 12.4. The molecular formula is C20H10Cl3N3O4. The molecule has 0 radical (unpaired) electrons. The molecule has 0 bridgehead atoms. The number of hydrogen-bond donors (Lipinski definition) is 1. The van der Waals surface area contributed by atoms with Gasteiger partial charge in [0.05, 0.1) is 20.7 Å². The van der Waals surface area contributed by atoms with Crippen LogP contribution in [0.5, 0.6) is 0 Å². The molecule has 7 nitrogen and oxygen atoms in total. The second-order valence-electron chi connectivity index (χ2n) is 5.87. The Morgan fingerprint density at radius 1 is 1.10 bits per heavy atom. The fraction of sp³-hybridized carbons (Fsp3) is 0. The lowest BCUT2D eigenvalue weighted by Gasteiger charge is -2.06. The van der Waals surface area contributed by atoms with Gasteiger partial charge in [-0.05, 0) is 36.4 Å². The van der Waals surface area contributed by atoms with Gasteiger partial charge in [-0.25, -0.2) is 0 Å². The van der Waals surface area contributed by atoms with Crippen LogP contribution >= 0.6 is 34.8 Å². The van der Waals surface area contributed by atoms with Crippen LogP contribution in [0.3, 0.4) is 0 Å². The highest BCUT2D eigenvalue weighted by atomic mass is 35.5. The Bertz CT molecular complexity index is 1230. The zero-order valence-corrected chi connectivity index (χ0v) is 17.1. The van der Waals surface area contributed by atoms with E-state index in [4.69, 9.17) is 39.2 Å². The molecule has 1 aromatic heterocycles. The largest absolute Gasteiger partial charge is 0.457 e. The summed E-state index contributed by atoms with van der Waals surface area (Å²) in [6.45, 7) is 0. The molecule has 0 unspecified atom stereocenters. The zero-order chi connectivity index (χ0) is 21.8. The summed E-state index contributed by atoms with van der Waals surface area (Å²) in [6, 6.07) is 13.4. The maximum atomic E-state index is 12.4. The Hall–Kier alpha value is -3.31. The molecule has 0 aliphatic carbocycles. The molecular weight excluding hydrogens is 453 g/mol. The van der Waals surface area contributed by atoms with Gasteiger partial charge in [0, 0.05) is 28.8 Å². The summed E-state index contributed by atoms with van der Waals surface area (Å²) >= 11 is 17.9. The number of non-ortho nitro benzene ring substituents is 1. The fourth-order valence-corrected chi connectivity index (χ4v) is 3.19. The van der Waals surface area contributed by atoms with Crippen molar-refractivity contribution in [2.45, 2.75) is 0 Å². The third kappa shape index (κ3) is 4.81. The summed E-state index contributed by atoms with van der Waals surface area (Å²) < 4.78 is 5.62. The van der Waals surface area contributed by atoms with E-state index in [-0.39, 0.29) is 27.1 Å². The van der Waals surface area contributed by atoms with Crippen LogP contribution in [0, 0.1) is 21.4 Å². The van der Waals surface area contributed by atoms with Crippen LogP contribution in [-0.4, -0.2) is 10.8 Å². The van der Waals surface area contributed by atoms with E-state index >= 15 is 0 Å². The minimum atomic E-state index is -0.687. The Kier molecular flexibility index (Phi) is 6.43. The average Bonchev–Trinajstić information content (AvgIpc) is 3.16. The Morgan fingerprint density at radius 2 is 1.87 bits per heavy atom. The molecule has 3 aromatic rings. The molecule has 3 rings (SSSR count). The lowest BCUT2D eigenvalue weighted by Crippen LogP contribution is -2.13. The van der Waals surface area contributed by atoms with Gasteiger partial charge >= 0.3 is 0 Å². The van der Waals surface area contributed by atoms with Crippen molar-refractivity contribution >= 4 is 58.2 Å². The van der Waals surface area contributed by atoms with Gasteiger partial charge < -0.3 is 9.73 Å². The number of amides is 1. The van der Waals surface area contributed by atoms with Crippen molar-refractivity contribution < 1.29 is 14.1 Å². The molecule has 0 atom stereocenters. The van der Waals surface area contributed by atoms with Gasteiger partial charge in [0.15, 0.2) is 0 Å². The summed E-state index contributed by atoms with van der Waals surface area (Å²) in [5.74, 6) is -0.152. The topological polar surface area (TPSA) is 109 Å². The van der Waals surface area contributed by atoms with Gasteiger partial charge in [-0.15, -0.1) is 0 Å². The normalized spacial score (nSPS) is 11.1. The number of benzene rings is 2. The van der Waals surface area contributed by atoms with Crippen LogP contribution < -0.4 is 5.32 Å². The first-order chi connectivity index (χ1) is 14.3. The Labute approximate surface area is 185 Å². The lowest BCUT2D eigenvalue weighted by atomic mass is 10.1. The number of nitrogens with one attached hydrogen (secondary N) is 1. The summed E-state index contributed by atoms with van der Waals surface area (Å²) in [5.41, 5.74) is 0.347. The number of nitro benzene ring substituents is 1.